The lowest BCUT2D eigenvalue weighted by Gasteiger charge is -2.50. The summed E-state index contributed by atoms with van der Waals surface area (Å²) in [6.45, 7) is 4.84. The number of carbonyl (C=O) groups is 6. The van der Waals surface area contributed by atoms with Crippen LogP contribution in [-0.2, 0) is 82.7 Å². The molecule has 0 spiro atoms. The summed E-state index contributed by atoms with van der Waals surface area (Å²) < 4.78 is 66.5. The van der Waals surface area contributed by atoms with Crippen molar-refractivity contribution in [3.63, 3.8) is 0 Å². The molecule has 18 nitrogen and oxygen atoms in total. The van der Waals surface area contributed by atoms with E-state index in [-0.39, 0.29) is 35.4 Å². The van der Waals surface area contributed by atoms with Crippen LogP contribution in [0.1, 0.15) is 62.4 Å². The quantitative estimate of drug-likeness (QED) is 0.166. The summed E-state index contributed by atoms with van der Waals surface area (Å²) in [5.41, 5.74) is 1.55. The first-order valence-corrected chi connectivity index (χ1v) is 20.4. The molecule has 0 saturated carbocycles. The number of hydrogen-bond donors (Lipinski definition) is 1. The molecule has 3 aromatic rings. The van der Waals surface area contributed by atoms with Crippen molar-refractivity contribution < 1.29 is 80.9 Å². The van der Waals surface area contributed by atoms with Gasteiger partial charge in [0, 0.05) is 45.2 Å². The summed E-state index contributed by atoms with van der Waals surface area (Å²) in [5, 5.41) is 3.24. The predicted molar refractivity (Wildman–Crippen MR) is 217 cm³/mol. The minimum Gasteiger partial charge on any atom is -0.459 e. The van der Waals surface area contributed by atoms with Crippen LogP contribution >= 0.6 is 23.2 Å². The number of fused-ring (bicyclic) bond motifs is 1. The van der Waals surface area contributed by atoms with E-state index in [1.54, 1.807) is 36.4 Å². The topological polar surface area (TPSA) is 216 Å². The molecule has 3 heterocycles. The maximum Gasteiger partial charge on any atom is 0.338 e. The number of benzene rings is 3. The second-order valence-electron chi connectivity index (χ2n) is 14.6. The minimum absolute atomic E-state index is 0.119. The van der Waals surface area contributed by atoms with Crippen LogP contribution in [0.5, 0.6) is 0 Å². The van der Waals surface area contributed by atoms with E-state index >= 15 is 0 Å². The van der Waals surface area contributed by atoms with Crippen molar-refractivity contribution in [2.45, 2.75) is 109 Å². The average Bonchev–Trinajstić information content (AvgIpc) is 3.22. The van der Waals surface area contributed by atoms with Crippen molar-refractivity contribution in [1.82, 2.24) is 0 Å². The third kappa shape index (κ3) is 12.5. The largest absolute Gasteiger partial charge is 0.459 e. The van der Waals surface area contributed by atoms with Gasteiger partial charge in [0.15, 0.2) is 43.3 Å². The number of rotatable bonds is 14. The highest BCUT2D eigenvalue weighted by Gasteiger charge is 2.58. The molecule has 3 saturated heterocycles. The molecule has 3 aromatic carbocycles. The van der Waals surface area contributed by atoms with Crippen LogP contribution in [0.25, 0.3) is 0 Å². The Balaban J connectivity index is 1.36. The number of amides is 1. The smallest absolute Gasteiger partial charge is 0.338 e. The number of esters is 5. The number of nitrogens with one attached hydrogen (secondary N) is 1. The standard InChI is InChI=1S/C43H45Cl2NO17/c1-21(47)46-31-17-26(11-16-30(31)45)18-54-42-38(58-24(4)50)36(56-22(2)48)35(32(60-42)19-53-40(52)27-12-14-29(44)15-13-27)63-43-39(59-25(5)51)37(57-23(3)49)34-33(61-43)20-55-41(62-34)28-9-7-6-8-10-28/h6-17,32-39,41-43H,18-20H2,1-5H3,(H,46,47). The Morgan fingerprint density at radius 1 is 0.683 bits per heavy atom. The zero-order chi connectivity index (χ0) is 45.4. The van der Waals surface area contributed by atoms with Crippen molar-refractivity contribution in [2.75, 3.05) is 18.5 Å². The molecule has 63 heavy (non-hydrogen) atoms. The van der Waals surface area contributed by atoms with Crippen LogP contribution in [-0.4, -0.2) is 110 Å². The third-order valence-electron chi connectivity index (χ3n) is 9.66. The van der Waals surface area contributed by atoms with Gasteiger partial charge in [-0.2, -0.15) is 0 Å². The van der Waals surface area contributed by atoms with E-state index in [2.05, 4.69) is 5.32 Å². The molecular weight excluding hydrogens is 873 g/mol. The van der Waals surface area contributed by atoms with Gasteiger partial charge in [-0.3, -0.25) is 24.0 Å². The lowest BCUT2D eigenvalue weighted by Crippen LogP contribution is -2.67. The fraction of sp³-hybridized carbons (Fsp3) is 0.442. The molecule has 3 aliphatic heterocycles. The number of anilines is 1. The zero-order valence-electron chi connectivity index (χ0n) is 34.6. The van der Waals surface area contributed by atoms with Crippen LogP contribution in [0.3, 0.4) is 0 Å². The van der Waals surface area contributed by atoms with E-state index in [0.29, 0.717) is 16.1 Å². The highest BCUT2D eigenvalue weighted by Crippen LogP contribution is 2.39. The first kappa shape index (κ1) is 47.3. The normalized spacial score (nSPS) is 27.8. The maximum atomic E-state index is 13.4. The molecule has 1 amide bonds. The molecule has 0 bridgehead atoms. The lowest BCUT2D eigenvalue weighted by atomic mass is 9.95. The maximum absolute atomic E-state index is 13.4. The second kappa shape index (κ2) is 21.5. The first-order valence-electron chi connectivity index (χ1n) is 19.6. The van der Waals surface area contributed by atoms with Gasteiger partial charge in [0.1, 0.15) is 31.0 Å². The lowest BCUT2D eigenvalue weighted by molar-refractivity contribution is -0.386. The Kier molecular flexibility index (Phi) is 16.1. The van der Waals surface area contributed by atoms with Gasteiger partial charge in [0.25, 0.3) is 0 Å². The van der Waals surface area contributed by atoms with E-state index in [1.807, 2.05) is 6.07 Å². The zero-order valence-corrected chi connectivity index (χ0v) is 36.1. The molecule has 11 atom stereocenters. The molecule has 1 N–H and O–H groups in total. The van der Waals surface area contributed by atoms with Crippen molar-refractivity contribution in [2.24, 2.45) is 0 Å². The molecule has 0 aliphatic carbocycles. The summed E-state index contributed by atoms with van der Waals surface area (Å²) in [6.07, 6.45) is -15.2. The molecule has 11 unspecified atom stereocenters. The Morgan fingerprint density at radius 3 is 1.94 bits per heavy atom. The van der Waals surface area contributed by atoms with E-state index in [1.165, 1.54) is 37.3 Å². The molecule has 0 radical (unpaired) electrons. The highest BCUT2D eigenvalue weighted by molar-refractivity contribution is 6.33. The minimum atomic E-state index is -1.65. The van der Waals surface area contributed by atoms with Gasteiger partial charge in [-0.1, -0.05) is 59.6 Å². The molecular formula is C43H45Cl2NO17. The van der Waals surface area contributed by atoms with Gasteiger partial charge in [-0.25, -0.2) is 4.79 Å². The second-order valence-corrected chi connectivity index (χ2v) is 15.4. The van der Waals surface area contributed by atoms with E-state index in [4.69, 9.17) is 75.3 Å². The van der Waals surface area contributed by atoms with Gasteiger partial charge in [0.05, 0.1) is 29.5 Å². The van der Waals surface area contributed by atoms with E-state index in [9.17, 15) is 28.8 Å². The Morgan fingerprint density at radius 2 is 1.30 bits per heavy atom. The molecule has 3 fully saturated rings. The summed E-state index contributed by atoms with van der Waals surface area (Å²) >= 11 is 12.3. The highest BCUT2D eigenvalue weighted by atomic mass is 35.5. The van der Waals surface area contributed by atoms with Gasteiger partial charge >= 0.3 is 29.8 Å². The monoisotopic (exact) mass is 917 g/mol. The molecule has 0 aromatic heterocycles. The predicted octanol–water partition coefficient (Wildman–Crippen LogP) is 5.00. The van der Waals surface area contributed by atoms with Crippen molar-refractivity contribution in [1.29, 1.82) is 0 Å². The van der Waals surface area contributed by atoms with Crippen LogP contribution in [0.4, 0.5) is 5.69 Å². The number of ether oxygens (including phenoxy) is 11. The summed E-state index contributed by atoms with van der Waals surface area (Å²) in [6, 6.07) is 19.5. The fourth-order valence-electron chi connectivity index (χ4n) is 7.14. The third-order valence-corrected chi connectivity index (χ3v) is 10.2. The van der Waals surface area contributed by atoms with Gasteiger partial charge in [-0.15, -0.1) is 0 Å². The molecule has 338 valence electrons. The summed E-state index contributed by atoms with van der Waals surface area (Å²) in [4.78, 5) is 76.2. The number of carbonyl (C=O) groups excluding carboxylic acids is 6. The van der Waals surface area contributed by atoms with Gasteiger partial charge in [-0.05, 0) is 42.0 Å². The SMILES string of the molecule is CC(=O)Nc1cc(COC2OC(COC(=O)c3ccc(Cl)cc3)C(OC3OC4COC(c5ccccc5)OC4C(OC(C)=O)C3OC(C)=O)C(OC(C)=O)C2OC(C)=O)ccc1Cl. The first-order chi connectivity index (χ1) is 30.1. The van der Waals surface area contributed by atoms with Gasteiger partial charge < -0.3 is 57.4 Å². The number of hydrogen-bond acceptors (Lipinski definition) is 17. The molecule has 3 aliphatic rings. The van der Waals surface area contributed by atoms with Crippen LogP contribution in [0.15, 0.2) is 72.8 Å². The Bertz CT molecular complexity index is 2120. The van der Waals surface area contributed by atoms with Gasteiger partial charge in [0.2, 0.25) is 5.91 Å². The Labute approximate surface area is 371 Å². The molecule has 20 heteroatoms. The van der Waals surface area contributed by atoms with Crippen molar-refractivity contribution in [3.8, 4) is 0 Å². The summed E-state index contributed by atoms with van der Waals surface area (Å²) in [5.74, 6) is -4.46. The summed E-state index contributed by atoms with van der Waals surface area (Å²) in [7, 11) is 0. The average molecular weight is 919 g/mol. The van der Waals surface area contributed by atoms with Crippen LogP contribution in [0.2, 0.25) is 10.0 Å². The number of halogens is 2. The fourth-order valence-corrected chi connectivity index (χ4v) is 7.43. The molecule has 6 rings (SSSR count). The Hall–Kier alpha value is -5.18. The van der Waals surface area contributed by atoms with Crippen molar-refractivity contribution >= 4 is 64.6 Å². The van der Waals surface area contributed by atoms with E-state index in [0.717, 1.165) is 27.7 Å². The van der Waals surface area contributed by atoms with Crippen LogP contribution in [0, 0.1) is 0 Å². The van der Waals surface area contributed by atoms with Crippen molar-refractivity contribution in [3.05, 3.63) is 99.5 Å². The van der Waals surface area contributed by atoms with Crippen LogP contribution < -0.4 is 5.32 Å². The van der Waals surface area contributed by atoms with E-state index < -0.39 is 104 Å².